The third kappa shape index (κ3) is 2.63. The second-order valence-corrected chi connectivity index (χ2v) is 7.14. The van der Waals surface area contributed by atoms with Crippen LogP contribution >= 0.6 is 11.3 Å². The van der Waals surface area contributed by atoms with Crippen molar-refractivity contribution in [3.8, 4) is 0 Å². The van der Waals surface area contributed by atoms with E-state index in [1.807, 2.05) is 40.7 Å². The van der Waals surface area contributed by atoms with Crippen LogP contribution in [-0.4, -0.2) is 16.0 Å². The third-order valence-corrected chi connectivity index (χ3v) is 4.12. The first-order valence-corrected chi connectivity index (χ1v) is 7.51. The molecule has 0 aliphatic carbocycles. The van der Waals surface area contributed by atoms with E-state index in [1.165, 1.54) is 11.3 Å². The summed E-state index contributed by atoms with van der Waals surface area (Å²) in [6.45, 7) is 10.2. The Labute approximate surface area is 122 Å². The largest absolute Gasteiger partial charge is 0.347 e. The lowest BCUT2D eigenvalue weighted by Gasteiger charge is -2.20. The van der Waals surface area contributed by atoms with Crippen molar-refractivity contribution in [2.45, 2.75) is 46.7 Å². The highest BCUT2D eigenvalue weighted by Crippen LogP contribution is 2.28. The molecule has 1 N–H and O–H groups in total. The van der Waals surface area contributed by atoms with E-state index < -0.39 is 0 Å². The van der Waals surface area contributed by atoms with E-state index in [-0.39, 0.29) is 17.0 Å². The molecule has 0 atom stereocenters. The lowest BCUT2D eigenvalue weighted by Crippen LogP contribution is -2.41. The van der Waals surface area contributed by atoms with Crippen LogP contribution in [-0.2, 0) is 6.54 Å². The molecule has 2 aromatic heterocycles. The fourth-order valence-electron chi connectivity index (χ4n) is 2.19. The first kappa shape index (κ1) is 14.8. The first-order valence-electron chi connectivity index (χ1n) is 6.69. The molecular weight excluding hydrogens is 272 g/mol. The molecule has 1 amide bonds. The average Bonchev–Trinajstić information content (AvgIpc) is 2.64. The number of carbonyl (C=O) groups is 1. The number of thiophene rings is 1. The van der Waals surface area contributed by atoms with Crippen molar-refractivity contribution in [1.29, 1.82) is 0 Å². The highest BCUT2D eigenvalue weighted by Gasteiger charge is 2.23. The summed E-state index contributed by atoms with van der Waals surface area (Å²) in [6, 6.07) is 1.91. The number of pyridine rings is 1. The van der Waals surface area contributed by atoms with Gasteiger partial charge >= 0.3 is 0 Å². The van der Waals surface area contributed by atoms with Crippen molar-refractivity contribution in [1.82, 2.24) is 9.88 Å². The predicted molar refractivity (Wildman–Crippen MR) is 83.7 cm³/mol. The molecule has 2 aromatic rings. The van der Waals surface area contributed by atoms with Crippen molar-refractivity contribution in [3.05, 3.63) is 33.1 Å². The van der Waals surface area contributed by atoms with Crippen molar-refractivity contribution in [2.24, 2.45) is 0 Å². The van der Waals surface area contributed by atoms with Gasteiger partial charge in [0.2, 0.25) is 0 Å². The molecule has 2 heterocycles. The fourth-order valence-corrected chi connectivity index (χ4v) is 3.24. The van der Waals surface area contributed by atoms with E-state index in [9.17, 15) is 9.59 Å². The van der Waals surface area contributed by atoms with Crippen molar-refractivity contribution < 1.29 is 4.79 Å². The highest BCUT2D eigenvalue weighted by atomic mass is 32.1. The van der Waals surface area contributed by atoms with E-state index in [0.29, 0.717) is 17.5 Å². The zero-order valence-corrected chi connectivity index (χ0v) is 13.4. The minimum Gasteiger partial charge on any atom is -0.347 e. The van der Waals surface area contributed by atoms with Gasteiger partial charge in [0.05, 0.1) is 10.9 Å². The van der Waals surface area contributed by atoms with E-state index in [2.05, 4.69) is 5.32 Å². The third-order valence-electron chi connectivity index (χ3n) is 3.05. The second kappa shape index (κ2) is 5.05. The van der Waals surface area contributed by atoms with Crippen LogP contribution in [0.2, 0.25) is 0 Å². The molecule has 0 saturated heterocycles. The number of aryl methyl sites for hydroxylation is 2. The first-order chi connectivity index (χ1) is 9.24. The number of rotatable bonds is 2. The Morgan fingerprint density at radius 3 is 2.60 bits per heavy atom. The molecule has 5 heteroatoms. The zero-order valence-electron chi connectivity index (χ0n) is 12.5. The van der Waals surface area contributed by atoms with Crippen LogP contribution in [0.4, 0.5) is 0 Å². The Bertz CT molecular complexity index is 720. The van der Waals surface area contributed by atoms with Crippen LogP contribution in [0.15, 0.2) is 17.1 Å². The summed E-state index contributed by atoms with van der Waals surface area (Å²) >= 11 is 1.49. The number of nitrogens with one attached hydrogen (secondary N) is 1. The Kier molecular flexibility index (Phi) is 3.73. The minimum absolute atomic E-state index is 0.0894. The molecule has 0 aromatic carbocycles. The average molecular weight is 292 g/mol. The molecule has 0 aliphatic heterocycles. The smallest absolute Gasteiger partial charge is 0.260 e. The normalized spacial score (nSPS) is 11.8. The van der Waals surface area contributed by atoms with Gasteiger partial charge in [0.15, 0.2) is 0 Å². The molecule has 0 fully saturated rings. The maximum atomic E-state index is 12.5. The van der Waals surface area contributed by atoms with Crippen LogP contribution in [0.1, 0.15) is 42.9 Å². The Morgan fingerprint density at radius 2 is 2.05 bits per heavy atom. The van der Waals surface area contributed by atoms with E-state index in [1.54, 1.807) is 10.8 Å². The second-order valence-electron chi connectivity index (χ2n) is 5.88. The summed E-state index contributed by atoms with van der Waals surface area (Å²) in [7, 11) is 0. The monoisotopic (exact) mass is 292 g/mol. The van der Waals surface area contributed by atoms with E-state index >= 15 is 0 Å². The minimum atomic E-state index is -0.323. The van der Waals surface area contributed by atoms with Crippen LogP contribution in [0.25, 0.3) is 10.1 Å². The van der Waals surface area contributed by atoms with Gasteiger partial charge in [-0.3, -0.25) is 9.59 Å². The van der Waals surface area contributed by atoms with Crippen molar-refractivity contribution in [3.63, 3.8) is 0 Å². The Hall–Kier alpha value is -1.62. The molecule has 0 spiro atoms. The number of nitrogens with zero attached hydrogens (tertiary/aromatic N) is 1. The number of amides is 1. The number of hydrogen-bond donors (Lipinski definition) is 1. The molecule has 4 nitrogen and oxygen atoms in total. The SMILES string of the molecule is CCn1ccc2sc(C)c(C(=O)NC(C)(C)C)c2c1=O. The van der Waals surface area contributed by atoms with Gasteiger partial charge < -0.3 is 9.88 Å². The predicted octanol–water partition coefficient (Wildman–Crippen LogP) is 2.92. The Morgan fingerprint density at radius 1 is 1.40 bits per heavy atom. The molecule has 0 bridgehead atoms. The topological polar surface area (TPSA) is 51.1 Å². The molecule has 0 saturated carbocycles. The lowest BCUT2D eigenvalue weighted by molar-refractivity contribution is 0.0921. The molecule has 20 heavy (non-hydrogen) atoms. The van der Waals surface area contributed by atoms with Crippen LogP contribution in [0, 0.1) is 6.92 Å². The van der Waals surface area contributed by atoms with Crippen molar-refractivity contribution >= 4 is 27.3 Å². The van der Waals surface area contributed by atoms with Gasteiger partial charge in [-0.05, 0) is 40.7 Å². The lowest BCUT2D eigenvalue weighted by atomic mass is 10.1. The van der Waals surface area contributed by atoms with Crippen molar-refractivity contribution in [2.75, 3.05) is 0 Å². The van der Waals surface area contributed by atoms with Gasteiger partial charge in [-0.25, -0.2) is 0 Å². The van der Waals surface area contributed by atoms with Gasteiger partial charge in [0, 0.05) is 27.9 Å². The number of aromatic nitrogens is 1. The summed E-state index contributed by atoms with van der Waals surface area (Å²) in [5.74, 6) is -0.174. The number of carbonyl (C=O) groups excluding carboxylic acids is 1. The standard InChI is InChI=1S/C15H20N2O2S/c1-6-17-8-7-10-12(14(17)19)11(9(2)20-10)13(18)16-15(3,4)5/h7-8H,6H2,1-5H3,(H,16,18). The van der Waals surface area contributed by atoms with Gasteiger partial charge in [0.25, 0.3) is 11.5 Å². The summed E-state index contributed by atoms with van der Waals surface area (Å²) in [5, 5.41) is 3.48. The van der Waals surface area contributed by atoms with Crippen LogP contribution < -0.4 is 10.9 Å². The maximum Gasteiger partial charge on any atom is 0.260 e. The molecule has 0 unspecified atom stereocenters. The van der Waals surface area contributed by atoms with Crippen LogP contribution in [0.3, 0.4) is 0 Å². The maximum absolute atomic E-state index is 12.5. The van der Waals surface area contributed by atoms with E-state index in [4.69, 9.17) is 0 Å². The van der Waals surface area contributed by atoms with Gasteiger partial charge in [-0.1, -0.05) is 0 Å². The molecule has 2 rings (SSSR count). The molecule has 0 aliphatic rings. The van der Waals surface area contributed by atoms with Gasteiger partial charge in [-0.15, -0.1) is 11.3 Å². The molecule has 108 valence electrons. The molecular formula is C15H20N2O2S. The quantitative estimate of drug-likeness (QED) is 0.925. The summed E-state index contributed by atoms with van der Waals surface area (Å²) in [4.78, 5) is 25.8. The summed E-state index contributed by atoms with van der Waals surface area (Å²) < 4.78 is 2.50. The fraction of sp³-hybridized carbons (Fsp3) is 0.467. The molecule has 0 radical (unpaired) electrons. The van der Waals surface area contributed by atoms with Gasteiger partial charge in [-0.2, -0.15) is 0 Å². The summed E-state index contributed by atoms with van der Waals surface area (Å²) in [5.41, 5.74) is 0.109. The zero-order chi connectivity index (χ0) is 15.1. The van der Waals surface area contributed by atoms with Crippen LogP contribution in [0.5, 0.6) is 0 Å². The summed E-state index contributed by atoms with van der Waals surface area (Å²) in [6.07, 6.45) is 1.78. The Balaban J connectivity index is 2.67. The number of fused-ring (bicyclic) bond motifs is 1. The van der Waals surface area contributed by atoms with E-state index in [0.717, 1.165) is 9.58 Å². The number of hydrogen-bond acceptors (Lipinski definition) is 3. The highest BCUT2D eigenvalue weighted by molar-refractivity contribution is 7.19. The van der Waals surface area contributed by atoms with Gasteiger partial charge in [0.1, 0.15) is 0 Å².